The Morgan fingerprint density at radius 2 is 1.75 bits per heavy atom. The topological polar surface area (TPSA) is 93.1 Å². The monoisotopic (exact) mass is 348 g/mol. The third-order valence-electron chi connectivity index (χ3n) is 3.73. The summed E-state index contributed by atoms with van der Waals surface area (Å²) in [5.74, 6) is 0. The van der Waals surface area contributed by atoms with Crippen molar-refractivity contribution in [3.63, 3.8) is 0 Å². The molecular weight excluding hydrogens is 332 g/mol. The molecular formula is C16H16N2O5S. The molecule has 1 fully saturated rings. The maximum Gasteiger partial charge on any atom is 0.269 e. The number of nitro benzene ring substituents is 1. The van der Waals surface area contributed by atoms with Crippen LogP contribution in [0.5, 0.6) is 0 Å². The van der Waals surface area contributed by atoms with Gasteiger partial charge in [-0.2, -0.15) is 0 Å². The van der Waals surface area contributed by atoms with Gasteiger partial charge in [0.05, 0.1) is 34.8 Å². The van der Waals surface area contributed by atoms with Crippen LogP contribution in [0.4, 0.5) is 11.4 Å². The van der Waals surface area contributed by atoms with Gasteiger partial charge in [-0.15, -0.1) is 0 Å². The second-order valence-electron chi connectivity index (χ2n) is 5.58. The van der Waals surface area contributed by atoms with Crippen LogP contribution in [0.15, 0.2) is 53.4 Å². The first-order valence-electron chi connectivity index (χ1n) is 7.33. The van der Waals surface area contributed by atoms with E-state index in [0.717, 1.165) is 5.56 Å². The van der Waals surface area contributed by atoms with Crippen molar-refractivity contribution in [2.75, 3.05) is 17.5 Å². The molecule has 0 saturated carbocycles. The lowest BCUT2D eigenvalue weighted by Gasteiger charge is -2.24. The first kappa shape index (κ1) is 16.4. The Morgan fingerprint density at radius 3 is 2.25 bits per heavy atom. The number of hydrogen-bond acceptors (Lipinski definition) is 5. The Hall–Kier alpha value is -2.45. The molecule has 0 radical (unpaired) electrons. The second kappa shape index (κ2) is 6.21. The summed E-state index contributed by atoms with van der Waals surface area (Å²) in [6.45, 7) is 2.66. The molecule has 1 heterocycles. The van der Waals surface area contributed by atoms with Crippen LogP contribution in [0.1, 0.15) is 5.56 Å². The van der Waals surface area contributed by atoms with Gasteiger partial charge in [-0.25, -0.2) is 8.42 Å². The smallest absolute Gasteiger partial charge is 0.269 e. The van der Waals surface area contributed by atoms with Gasteiger partial charge < -0.3 is 4.74 Å². The number of ether oxygens (including phenoxy) is 1. The van der Waals surface area contributed by atoms with Crippen molar-refractivity contribution in [1.29, 1.82) is 0 Å². The van der Waals surface area contributed by atoms with Gasteiger partial charge in [-0.3, -0.25) is 14.4 Å². The van der Waals surface area contributed by atoms with Gasteiger partial charge in [-0.1, -0.05) is 17.7 Å². The Morgan fingerprint density at radius 1 is 1.17 bits per heavy atom. The van der Waals surface area contributed by atoms with E-state index in [1.807, 2.05) is 19.1 Å². The summed E-state index contributed by atoms with van der Waals surface area (Å²) in [7, 11) is -3.83. The van der Waals surface area contributed by atoms with Crippen LogP contribution in [0.25, 0.3) is 0 Å². The van der Waals surface area contributed by atoms with Gasteiger partial charge in [0.25, 0.3) is 15.7 Å². The van der Waals surface area contributed by atoms with Crippen molar-refractivity contribution in [2.24, 2.45) is 0 Å². The molecule has 126 valence electrons. The zero-order valence-corrected chi connectivity index (χ0v) is 13.8. The van der Waals surface area contributed by atoms with Gasteiger partial charge in [0, 0.05) is 12.1 Å². The molecule has 1 aliphatic heterocycles. The van der Waals surface area contributed by atoms with Crippen LogP contribution < -0.4 is 4.31 Å². The van der Waals surface area contributed by atoms with Crippen LogP contribution in [-0.2, 0) is 14.8 Å². The normalized spacial score (nSPS) is 16.6. The molecule has 0 aromatic heterocycles. The molecule has 0 bridgehead atoms. The van der Waals surface area contributed by atoms with E-state index in [9.17, 15) is 18.5 Å². The fourth-order valence-electron chi connectivity index (χ4n) is 2.28. The molecule has 2 aromatic rings. The van der Waals surface area contributed by atoms with Crippen LogP contribution in [0.2, 0.25) is 0 Å². The van der Waals surface area contributed by atoms with E-state index in [1.54, 1.807) is 12.1 Å². The lowest BCUT2D eigenvalue weighted by atomic mass is 10.2. The number of nitro groups is 1. The zero-order valence-electron chi connectivity index (χ0n) is 13.0. The van der Waals surface area contributed by atoms with Crippen molar-refractivity contribution >= 4 is 21.4 Å². The molecule has 0 unspecified atom stereocenters. The van der Waals surface area contributed by atoms with Crippen molar-refractivity contribution in [1.82, 2.24) is 0 Å². The second-order valence-corrected chi connectivity index (χ2v) is 7.44. The molecule has 24 heavy (non-hydrogen) atoms. The van der Waals surface area contributed by atoms with Crippen LogP contribution in [-0.4, -0.2) is 32.6 Å². The summed E-state index contributed by atoms with van der Waals surface area (Å²) in [4.78, 5) is 10.2. The predicted molar refractivity (Wildman–Crippen MR) is 88.5 cm³/mol. The van der Waals surface area contributed by atoms with Crippen LogP contribution in [0, 0.1) is 17.0 Å². The van der Waals surface area contributed by atoms with Gasteiger partial charge in [0.1, 0.15) is 0 Å². The molecule has 0 aliphatic carbocycles. The molecule has 1 aliphatic rings. The largest absolute Gasteiger partial charge is 0.371 e. The van der Waals surface area contributed by atoms with E-state index >= 15 is 0 Å². The van der Waals surface area contributed by atoms with E-state index in [4.69, 9.17) is 4.74 Å². The van der Waals surface area contributed by atoms with Gasteiger partial charge in [0.15, 0.2) is 0 Å². The number of anilines is 1. The van der Waals surface area contributed by atoms with Gasteiger partial charge >= 0.3 is 0 Å². The van der Waals surface area contributed by atoms with E-state index in [2.05, 4.69) is 0 Å². The third-order valence-corrected chi connectivity index (χ3v) is 5.54. The standard InChI is InChI=1S/C16H16N2O5S/c1-12-2-4-13(5-3-12)17(10-15-11-23-15)24(21,22)16-8-6-14(7-9-16)18(19)20/h2-9,15H,10-11H2,1H3/t15-/m0/s1. The van der Waals surface area contributed by atoms with Crippen LogP contribution in [0.3, 0.4) is 0 Å². The number of non-ortho nitro benzene ring substituents is 1. The summed E-state index contributed by atoms with van der Waals surface area (Å²) in [6, 6.07) is 12.0. The van der Waals surface area contributed by atoms with E-state index in [0.29, 0.717) is 12.3 Å². The number of aryl methyl sites for hydroxylation is 1. The quantitative estimate of drug-likeness (QED) is 0.454. The average Bonchev–Trinajstić information content (AvgIpc) is 3.38. The zero-order chi connectivity index (χ0) is 17.3. The molecule has 0 N–H and O–H groups in total. The molecule has 1 atom stereocenters. The van der Waals surface area contributed by atoms with E-state index < -0.39 is 14.9 Å². The highest BCUT2D eigenvalue weighted by atomic mass is 32.2. The fourth-order valence-corrected chi connectivity index (χ4v) is 3.78. The maximum atomic E-state index is 13.0. The van der Waals surface area contributed by atoms with E-state index in [1.165, 1.54) is 28.6 Å². The number of epoxide rings is 1. The highest BCUT2D eigenvalue weighted by Crippen LogP contribution is 2.27. The number of benzene rings is 2. The Kier molecular flexibility index (Phi) is 4.25. The molecule has 0 amide bonds. The number of sulfonamides is 1. The minimum absolute atomic E-state index is 0.00863. The van der Waals surface area contributed by atoms with Gasteiger partial charge in [0.2, 0.25) is 0 Å². The van der Waals surface area contributed by atoms with Gasteiger partial charge in [-0.05, 0) is 31.2 Å². The highest BCUT2D eigenvalue weighted by Gasteiger charge is 2.33. The number of hydrogen-bond donors (Lipinski definition) is 0. The summed E-state index contributed by atoms with van der Waals surface area (Å²) in [5, 5.41) is 10.7. The minimum atomic E-state index is -3.83. The summed E-state index contributed by atoms with van der Waals surface area (Å²) < 4.78 is 32.4. The summed E-state index contributed by atoms with van der Waals surface area (Å²) in [5.41, 5.74) is 1.41. The molecule has 7 nitrogen and oxygen atoms in total. The number of nitrogens with zero attached hydrogens (tertiary/aromatic N) is 2. The lowest BCUT2D eigenvalue weighted by Crippen LogP contribution is -2.34. The van der Waals surface area contributed by atoms with Crippen molar-refractivity contribution < 1.29 is 18.1 Å². The molecule has 0 spiro atoms. The van der Waals surface area contributed by atoms with Crippen molar-refractivity contribution in [3.05, 3.63) is 64.2 Å². The fraction of sp³-hybridized carbons (Fsp3) is 0.250. The molecule has 2 aromatic carbocycles. The maximum absolute atomic E-state index is 13.0. The molecule has 1 saturated heterocycles. The SMILES string of the molecule is Cc1ccc(N(C[C@H]2CO2)S(=O)(=O)c2ccc([N+](=O)[O-])cc2)cc1. The third kappa shape index (κ3) is 3.39. The number of rotatable bonds is 6. The predicted octanol–water partition coefficient (Wildman–Crippen LogP) is 2.50. The lowest BCUT2D eigenvalue weighted by molar-refractivity contribution is -0.384. The van der Waals surface area contributed by atoms with E-state index in [-0.39, 0.29) is 23.2 Å². The minimum Gasteiger partial charge on any atom is -0.371 e. The van der Waals surface area contributed by atoms with Crippen molar-refractivity contribution in [3.8, 4) is 0 Å². The Labute approximate surface area is 139 Å². The molecule has 8 heteroatoms. The van der Waals surface area contributed by atoms with Crippen molar-refractivity contribution in [2.45, 2.75) is 17.9 Å². The first-order chi connectivity index (χ1) is 11.4. The highest BCUT2D eigenvalue weighted by molar-refractivity contribution is 7.92. The Balaban J connectivity index is 1.98. The average molecular weight is 348 g/mol. The first-order valence-corrected chi connectivity index (χ1v) is 8.77. The summed E-state index contributed by atoms with van der Waals surface area (Å²) in [6.07, 6.45) is -0.126. The summed E-state index contributed by atoms with van der Waals surface area (Å²) >= 11 is 0. The Bertz CT molecular complexity index is 843. The van der Waals surface area contributed by atoms with Crippen LogP contribution >= 0.6 is 0 Å². The molecule has 3 rings (SSSR count).